The maximum atomic E-state index is 13.6. The van der Waals surface area contributed by atoms with Gasteiger partial charge in [-0.2, -0.15) is 0 Å². The molecule has 0 radical (unpaired) electrons. The van der Waals surface area contributed by atoms with Gasteiger partial charge in [0.2, 0.25) is 0 Å². The second-order valence-corrected chi connectivity index (χ2v) is 10.5. The number of likely N-dealkylation sites (tertiary alicyclic amines) is 1. The van der Waals surface area contributed by atoms with E-state index < -0.39 is 5.60 Å². The van der Waals surface area contributed by atoms with Gasteiger partial charge in [0.15, 0.2) is 0 Å². The highest BCUT2D eigenvalue weighted by molar-refractivity contribution is 7.10. The van der Waals surface area contributed by atoms with Crippen molar-refractivity contribution in [3.63, 3.8) is 0 Å². The van der Waals surface area contributed by atoms with Crippen LogP contribution in [0.15, 0.2) is 59.8 Å². The third kappa shape index (κ3) is 8.16. The number of thiazole rings is 1. The number of ether oxygens (including phenoxy) is 1. The van der Waals surface area contributed by atoms with Crippen LogP contribution in [0.5, 0.6) is 0 Å². The number of hydrogen-bond acceptors (Lipinski definition) is 5. The molecule has 1 aromatic heterocycles. The molecule has 1 saturated heterocycles. The Morgan fingerprint density at radius 2 is 2.00 bits per heavy atom. The Morgan fingerprint density at radius 3 is 2.75 bits per heavy atom. The summed E-state index contributed by atoms with van der Waals surface area (Å²) in [5.74, 6) is -0.450. The zero-order valence-corrected chi connectivity index (χ0v) is 22.1. The fraction of sp³-hybridized carbons (Fsp3) is 0.393. The molecule has 1 atom stereocenters. The Morgan fingerprint density at radius 1 is 1.22 bits per heavy atom. The van der Waals surface area contributed by atoms with Crippen LogP contribution in [0.25, 0.3) is 6.08 Å². The first-order valence-electron chi connectivity index (χ1n) is 12.2. The van der Waals surface area contributed by atoms with E-state index in [1.54, 1.807) is 41.5 Å². The van der Waals surface area contributed by atoms with Crippen molar-refractivity contribution in [3.8, 4) is 0 Å². The minimum absolute atomic E-state index is 0.193. The minimum Gasteiger partial charge on any atom is -0.444 e. The van der Waals surface area contributed by atoms with E-state index in [9.17, 15) is 14.0 Å². The Bertz CT molecular complexity index is 1150. The fourth-order valence-corrected chi connectivity index (χ4v) is 4.80. The predicted octanol–water partition coefficient (Wildman–Crippen LogP) is 7.34. The smallest absolute Gasteiger partial charge is 0.410 e. The van der Waals surface area contributed by atoms with E-state index in [-0.39, 0.29) is 23.7 Å². The molecule has 192 valence electrons. The van der Waals surface area contributed by atoms with E-state index in [1.807, 2.05) is 39.0 Å². The van der Waals surface area contributed by atoms with E-state index in [1.165, 1.54) is 23.5 Å². The number of nitrogens with one attached hydrogen (secondary N) is 1. The summed E-state index contributed by atoms with van der Waals surface area (Å²) in [5, 5.41) is 5.60. The summed E-state index contributed by atoms with van der Waals surface area (Å²) >= 11 is 1.47. The number of benzene rings is 1. The fourth-order valence-electron chi connectivity index (χ4n) is 3.83. The molecule has 0 saturated carbocycles. The van der Waals surface area contributed by atoms with Crippen LogP contribution in [-0.4, -0.2) is 40.6 Å². The Kier molecular flexibility index (Phi) is 9.58. The molecule has 3 rings (SSSR count). The summed E-state index contributed by atoms with van der Waals surface area (Å²) < 4.78 is 19.1. The van der Waals surface area contributed by atoms with Gasteiger partial charge in [0, 0.05) is 30.1 Å². The van der Waals surface area contributed by atoms with Gasteiger partial charge in [-0.15, -0.1) is 11.3 Å². The van der Waals surface area contributed by atoms with Gasteiger partial charge in [-0.25, -0.2) is 14.2 Å². The molecule has 2 aromatic rings. The zero-order chi connectivity index (χ0) is 26.1. The first kappa shape index (κ1) is 27.3. The topological polar surface area (TPSA) is 71.5 Å². The quantitative estimate of drug-likeness (QED) is 0.412. The molecule has 0 bridgehead atoms. The normalized spacial score (nSPS) is 17.4. The van der Waals surface area contributed by atoms with Crippen LogP contribution in [0.3, 0.4) is 0 Å². The number of amides is 2. The summed E-state index contributed by atoms with van der Waals surface area (Å²) in [7, 11) is 0. The van der Waals surface area contributed by atoms with Crippen molar-refractivity contribution in [2.45, 2.75) is 58.5 Å². The molecule has 2 amide bonds. The number of hydrogen-bond donors (Lipinski definition) is 1. The van der Waals surface area contributed by atoms with Crippen molar-refractivity contribution >= 4 is 35.1 Å². The molecule has 1 aromatic carbocycles. The molecule has 1 N–H and O–H groups in total. The molecule has 1 aliphatic heterocycles. The summed E-state index contributed by atoms with van der Waals surface area (Å²) in [4.78, 5) is 31.8. The zero-order valence-electron chi connectivity index (χ0n) is 21.3. The average molecular weight is 512 g/mol. The number of nitrogens with zero attached hydrogens (tertiary/aromatic N) is 2. The second kappa shape index (κ2) is 12.6. The number of anilines is 1. The number of rotatable bonds is 6. The van der Waals surface area contributed by atoms with Crippen LogP contribution in [-0.2, 0) is 4.74 Å². The summed E-state index contributed by atoms with van der Waals surface area (Å²) in [6.45, 7) is 8.60. The van der Waals surface area contributed by atoms with Gasteiger partial charge < -0.3 is 15.0 Å². The number of carbonyl (C=O) groups excluding carboxylic acids is 2. The largest absolute Gasteiger partial charge is 0.444 e. The van der Waals surface area contributed by atoms with Crippen molar-refractivity contribution < 1.29 is 18.7 Å². The minimum atomic E-state index is -0.520. The summed E-state index contributed by atoms with van der Waals surface area (Å²) in [6.07, 6.45) is 9.97. The van der Waals surface area contributed by atoms with Gasteiger partial charge in [0.05, 0.1) is 5.01 Å². The lowest BCUT2D eigenvalue weighted by Gasteiger charge is -2.26. The van der Waals surface area contributed by atoms with Crippen molar-refractivity contribution in [2.24, 2.45) is 0 Å². The Balaban J connectivity index is 1.63. The van der Waals surface area contributed by atoms with Gasteiger partial charge in [0.1, 0.15) is 17.1 Å². The van der Waals surface area contributed by atoms with Gasteiger partial charge in [-0.1, -0.05) is 36.4 Å². The highest BCUT2D eigenvalue weighted by atomic mass is 32.1. The van der Waals surface area contributed by atoms with Gasteiger partial charge >= 0.3 is 6.09 Å². The van der Waals surface area contributed by atoms with Crippen molar-refractivity contribution in [2.75, 3.05) is 18.4 Å². The molecule has 1 aliphatic rings. The third-order valence-electron chi connectivity index (χ3n) is 5.55. The van der Waals surface area contributed by atoms with E-state index in [0.717, 1.165) is 29.8 Å². The molecule has 6 nitrogen and oxygen atoms in total. The van der Waals surface area contributed by atoms with Crippen LogP contribution in [0, 0.1) is 0 Å². The number of carbonyl (C=O) groups is 2. The molecular weight excluding hydrogens is 477 g/mol. The third-order valence-corrected chi connectivity index (χ3v) is 6.56. The standard InChI is InChI=1S/C28H34FN3O3S/c1-5-10-22(29)14-8-12-20-11-6-7-15-23(20)30-25(33)24-19-36-26(31-24)21-13-9-17-32(18-16-21)27(34)35-28(2,3)4/h5-8,10-12,14-15,19,21H,9,13,16-18H2,1-4H3,(H,30,33)/b10-5-,12-8+,22-14+. The summed E-state index contributed by atoms with van der Waals surface area (Å²) in [5.41, 5.74) is 1.22. The van der Waals surface area contributed by atoms with E-state index in [4.69, 9.17) is 4.74 Å². The Labute approximate surface area is 216 Å². The lowest BCUT2D eigenvalue weighted by molar-refractivity contribution is 0.0256. The van der Waals surface area contributed by atoms with Crippen LogP contribution in [0.2, 0.25) is 0 Å². The highest BCUT2D eigenvalue weighted by Gasteiger charge is 2.27. The molecule has 36 heavy (non-hydrogen) atoms. The van der Waals surface area contributed by atoms with Crippen LogP contribution < -0.4 is 5.32 Å². The first-order valence-corrected chi connectivity index (χ1v) is 13.0. The van der Waals surface area contributed by atoms with Crippen LogP contribution in [0.1, 0.15) is 73.9 Å². The molecule has 8 heteroatoms. The predicted molar refractivity (Wildman–Crippen MR) is 144 cm³/mol. The molecular formula is C28H34FN3O3S. The molecule has 1 fully saturated rings. The van der Waals surface area contributed by atoms with Gasteiger partial charge in [-0.05, 0) is 70.7 Å². The van der Waals surface area contributed by atoms with E-state index in [2.05, 4.69) is 10.3 Å². The number of allylic oxidation sites excluding steroid dienone is 5. The van der Waals surface area contributed by atoms with Gasteiger partial charge in [-0.3, -0.25) is 4.79 Å². The maximum absolute atomic E-state index is 13.6. The van der Waals surface area contributed by atoms with E-state index >= 15 is 0 Å². The molecule has 0 aliphatic carbocycles. The van der Waals surface area contributed by atoms with Crippen LogP contribution >= 0.6 is 11.3 Å². The Hall–Kier alpha value is -3.26. The summed E-state index contributed by atoms with van der Waals surface area (Å²) in [6, 6.07) is 7.34. The van der Waals surface area contributed by atoms with Crippen LogP contribution in [0.4, 0.5) is 14.9 Å². The number of halogens is 1. The maximum Gasteiger partial charge on any atom is 0.410 e. The molecule has 1 unspecified atom stereocenters. The lowest BCUT2D eigenvalue weighted by atomic mass is 10.0. The molecule has 2 heterocycles. The number of para-hydroxylation sites is 1. The first-order chi connectivity index (χ1) is 17.2. The molecule has 0 spiro atoms. The number of aromatic nitrogens is 1. The monoisotopic (exact) mass is 511 g/mol. The second-order valence-electron chi connectivity index (χ2n) is 9.62. The van der Waals surface area contributed by atoms with Crippen molar-refractivity contribution in [3.05, 3.63) is 76.0 Å². The van der Waals surface area contributed by atoms with E-state index in [0.29, 0.717) is 24.5 Å². The van der Waals surface area contributed by atoms with Crippen molar-refractivity contribution in [1.82, 2.24) is 9.88 Å². The van der Waals surface area contributed by atoms with Crippen molar-refractivity contribution in [1.29, 1.82) is 0 Å². The average Bonchev–Trinajstić information content (AvgIpc) is 3.17. The highest BCUT2D eigenvalue weighted by Crippen LogP contribution is 2.31. The lowest BCUT2D eigenvalue weighted by Crippen LogP contribution is -2.37. The SMILES string of the molecule is C\C=C/C(F)=C\C=C\c1ccccc1NC(=O)c1csc(C2CCCN(C(=O)OC(C)(C)C)CC2)n1. The van der Waals surface area contributed by atoms with Gasteiger partial charge in [0.25, 0.3) is 5.91 Å².